The molecule has 1 nitrogen and oxygen atoms in total. The molecule has 1 atom stereocenters. The van der Waals surface area contributed by atoms with Crippen molar-refractivity contribution in [2.75, 3.05) is 7.11 Å². The zero-order valence-corrected chi connectivity index (χ0v) is 11.4. The van der Waals surface area contributed by atoms with Gasteiger partial charge in [-0.25, -0.2) is 0 Å². The SMILES string of the molecule is COc1ccc(/C=C(/C)C(C)Cl)c(Br)c1. The van der Waals surface area contributed by atoms with E-state index >= 15 is 0 Å². The van der Waals surface area contributed by atoms with Crippen molar-refractivity contribution < 1.29 is 4.74 Å². The van der Waals surface area contributed by atoms with Crippen LogP contribution in [-0.4, -0.2) is 12.5 Å². The zero-order valence-electron chi connectivity index (χ0n) is 9.05. The van der Waals surface area contributed by atoms with Gasteiger partial charge in [0.15, 0.2) is 0 Å². The molecule has 0 spiro atoms. The second-order valence-corrected chi connectivity index (χ2v) is 4.90. The first kappa shape index (κ1) is 12.6. The lowest BCUT2D eigenvalue weighted by atomic mass is 10.1. The van der Waals surface area contributed by atoms with Crippen LogP contribution in [0.2, 0.25) is 0 Å². The Labute approximate surface area is 104 Å². The minimum atomic E-state index is 0.0546. The first-order chi connectivity index (χ1) is 7.04. The Morgan fingerprint density at radius 2 is 2.20 bits per heavy atom. The first-order valence-electron chi connectivity index (χ1n) is 4.70. The molecule has 1 aromatic carbocycles. The Bertz CT molecular complexity index is 372. The Morgan fingerprint density at radius 1 is 1.53 bits per heavy atom. The number of hydrogen-bond acceptors (Lipinski definition) is 1. The number of allylic oxidation sites excluding steroid dienone is 1. The summed E-state index contributed by atoms with van der Waals surface area (Å²) in [6, 6.07) is 5.88. The third kappa shape index (κ3) is 3.54. The van der Waals surface area contributed by atoms with Gasteiger partial charge in [0.2, 0.25) is 0 Å². The second-order valence-electron chi connectivity index (χ2n) is 3.39. The van der Waals surface area contributed by atoms with Crippen LogP contribution in [0.4, 0.5) is 0 Å². The van der Waals surface area contributed by atoms with Gasteiger partial charge in [-0.05, 0) is 31.5 Å². The predicted molar refractivity (Wildman–Crippen MR) is 69.7 cm³/mol. The summed E-state index contributed by atoms with van der Waals surface area (Å²) in [5.74, 6) is 0.843. The number of halogens is 2. The molecular weight excluding hydrogens is 275 g/mol. The van der Waals surface area contributed by atoms with Crippen LogP contribution < -0.4 is 4.74 Å². The Morgan fingerprint density at radius 3 is 2.67 bits per heavy atom. The van der Waals surface area contributed by atoms with Crippen molar-refractivity contribution in [3.63, 3.8) is 0 Å². The van der Waals surface area contributed by atoms with E-state index in [1.54, 1.807) is 7.11 Å². The van der Waals surface area contributed by atoms with Gasteiger partial charge in [-0.1, -0.05) is 33.6 Å². The van der Waals surface area contributed by atoms with Crippen molar-refractivity contribution in [2.45, 2.75) is 19.2 Å². The van der Waals surface area contributed by atoms with E-state index in [4.69, 9.17) is 16.3 Å². The fourth-order valence-electron chi connectivity index (χ4n) is 1.11. The number of rotatable bonds is 3. The van der Waals surface area contributed by atoms with Crippen molar-refractivity contribution >= 4 is 33.6 Å². The van der Waals surface area contributed by atoms with Crippen LogP contribution in [0.1, 0.15) is 19.4 Å². The van der Waals surface area contributed by atoms with Gasteiger partial charge in [-0.2, -0.15) is 0 Å². The normalized spacial score (nSPS) is 13.8. The highest BCUT2D eigenvalue weighted by molar-refractivity contribution is 9.10. The van der Waals surface area contributed by atoms with Gasteiger partial charge < -0.3 is 4.74 Å². The molecule has 0 aliphatic carbocycles. The standard InChI is InChI=1S/C12H14BrClO/c1-8(9(2)14)6-10-4-5-11(15-3)7-12(10)13/h4-7,9H,1-3H3/b8-6-. The molecule has 0 fully saturated rings. The molecule has 0 aliphatic heterocycles. The molecule has 0 heterocycles. The van der Waals surface area contributed by atoms with E-state index in [9.17, 15) is 0 Å². The van der Waals surface area contributed by atoms with Gasteiger partial charge in [0.25, 0.3) is 0 Å². The molecule has 0 radical (unpaired) electrons. The average Bonchev–Trinajstić information content (AvgIpc) is 2.20. The molecule has 82 valence electrons. The molecule has 0 saturated carbocycles. The highest BCUT2D eigenvalue weighted by Crippen LogP contribution is 2.25. The minimum absolute atomic E-state index is 0.0546. The molecule has 1 unspecified atom stereocenters. The molecular formula is C12H14BrClO. The molecule has 0 N–H and O–H groups in total. The molecule has 1 rings (SSSR count). The van der Waals surface area contributed by atoms with E-state index in [-0.39, 0.29) is 5.38 Å². The van der Waals surface area contributed by atoms with Crippen LogP contribution in [0.3, 0.4) is 0 Å². The highest BCUT2D eigenvalue weighted by Gasteiger charge is 2.02. The van der Waals surface area contributed by atoms with E-state index in [2.05, 4.69) is 22.0 Å². The van der Waals surface area contributed by atoms with E-state index in [1.165, 1.54) is 0 Å². The first-order valence-corrected chi connectivity index (χ1v) is 5.93. The Kier molecular flexibility index (Phi) is 4.68. The van der Waals surface area contributed by atoms with Crippen molar-refractivity contribution in [3.8, 4) is 5.75 Å². The van der Waals surface area contributed by atoms with Crippen molar-refractivity contribution in [1.29, 1.82) is 0 Å². The Balaban J connectivity index is 3.01. The lowest BCUT2D eigenvalue weighted by Crippen LogP contribution is -1.92. The lowest BCUT2D eigenvalue weighted by Gasteiger charge is -2.06. The quantitative estimate of drug-likeness (QED) is 0.745. The van der Waals surface area contributed by atoms with Crippen molar-refractivity contribution in [3.05, 3.63) is 33.8 Å². The minimum Gasteiger partial charge on any atom is -0.497 e. The maximum absolute atomic E-state index is 5.98. The van der Waals surface area contributed by atoms with E-state index in [0.29, 0.717) is 0 Å². The van der Waals surface area contributed by atoms with Crippen LogP contribution in [0.25, 0.3) is 6.08 Å². The van der Waals surface area contributed by atoms with Gasteiger partial charge in [-0.15, -0.1) is 11.6 Å². The summed E-state index contributed by atoms with van der Waals surface area (Å²) < 4.78 is 6.14. The van der Waals surface area contributed by atoms with Gasteiger partial charge >= 0.3 is 0 Å². The number of methoxy groups -OCH3 is 1. The number of hydrogen-bond donors (Lipinski definition) is 0. The molecule has 0 aromatic heterocycles. The van der Waals surface area contributed by atoms with Crippen molar-refractivity contribution in [2.24, 2.45) is 0 Å². The second kappa shape index (κ2) is 5.57. The smallest absolute Gasteiger partial charge is 0.120 e. The summed E-state index contributed by atoms with van der Waals surface area (Å²) in [7, 11) is 1.66. The average molecular weight is 290 g/mol. The molecule has 15 heavy (non-hydrogen) atoms. The summed E-state index contributed by atoms with van der Waals surface area (Å²) in [4.78, 5) is 0. The van der Waals surface area contributed by atoms with E-state index < -0.39 is 0 Å². The number of benzene rings is 1. The molecule has 0 bridgehead atoms. The van der Waals surface area contributed by atoms with Crippen molar-refractivity contribution in [1.82, 2.24) is 0 Å². The maximum Gasteiger partial charge on any atom is 0.120 e. The predicted octanol–water partition coefficient (Wildman–Crippen LogP) is 4.49. The largest absolute Gasteiger partial charge is 0.497 e. The fraction of sp³-hybridized carbons (Fsp3) is 0.333. The van der Waals surface area contributed by atoms with E-state index in [0.717, 1.165) is 21.4 Å². The van der Waals surface area contributed by atoms with Gasteiger partial charge in [0, 0.05) is 4.47 Å². The van der Waals surface area contributed by atoms with Gasteiger partial charge in [0.05, 0.1) is 12.5 Å². The van der Waals surface area contributed by atoms with Crippen LogP contribution in [0.5, 0.6) is 5.75 Å². The summed E-state index contributed by atoms with van der Waals surface area (Å²) in [5, 5.41) is 0.0546. The molecule has 0 aliphatic rings. The fourth-order valence-corrected chi connectivity index (χ4v) is 1.65. The summed E-state index contributed by atoms with van der Waals surface area (Å²) in [5.41, 5.74) is 2.25. The molecule has 0 saturated heterocycles. The zero-order chi connectivity index (χ0) is 11.4. The van der Waals surface area contributed by atoms with Crippen LogP contribution in [0.15, 0.2) is 28.2 Å². The Hall–Kier alpha value is -0.470. The van der Waals surface area contributed by atoms with Gasteiger partial charge in [0.1, 0.15) is 5.75 Å². The topological polar surface area (TPSA) is 9.23 Å². The van der Waals surface area contributed by atoms with Gasteiger partial charge in [-0.3, -0.25) is 0 Å². The third-order valence-corrected chi connectivity index (χ3v) is 3.25. The summed E-state index contributed by atoms with van der Waals surface area (Å²) >= 11 is 9.48. The number of ether oxygens (including phenoxy) is 1. The number of alkyl halides is 1. The molecule has 0 amide bonds. The van der Waals surface area contributed by atoms with E-state index in [1.807, 2.05) is 32.0 Å². The monoisotopic (exact) mass is 288 g/mol. The van der Waals surface area contributed by atoms with Crippen LogP contribution >= 0.6 is 27.5 Å². The van der Waals surface area contributed by atoms with Crippen LogP contribution in [-0.2, 0) is 0 Å². The van der Waals surface area contributed by atoms with Crippen LogP contribution in [0, 0.1) is 0 Å². The molecule has 1 aromatic rings. The summed E-state index contributed by atoms with van der Waals surface area (Å²) in [6.45, 7) is 3.99. The maximum atomic E-state index is 5.98. The highest BCUT2D eigenvalue weighted by atomic mass is 79.9. The molecule has 3 heteroatoms. The summed E-state index contributed by atoms with van der Waals surface area (Å²) in [6.07, 6.45) is 2.07. The lowest BCUT2D eigenvalue weighted by molar-refractivity contribution is 0.414. The third-order valence-electron chi connectivity index (χ3n) is 2.22.